The molecule has 3 atom stereocenters. The first-order valence-electron chi connectivity index (χ1n) is 11.1. The van der Waals surface area contributed by atoms with Crippen LogP contribution >= 0.6 is 0 Å². The van der Waals surface area contributed by atoms with Crippen LogP contribution < -0.4 is 5.32 Å². The van der Waals surface area contributed by atoms with Crippen molar-refractivity contribution in [3.05, 3.63) is 24.5 Å². The Morgan fingerprint density at radius 2 is 1.84 bits per heavy atom. The Balaban J connectivity index is 1.66. The molecule has 1 aliphatic rings. The Bertz CT molecular complexity index is 1090. The number of rotatable bonds is 6. The number of morpholine rings is 1. The molecule has 32 heavy (non-hydrogen) atoms. The third-order valence-electron chi connectivity index (χ3n) is 5.64. The van der Waals surface area contributed by atoms with Gasteiger partial charge in [0.15, 0.2) is 17.0 Å². The number of ether oxygens (including phenoxy) is 1. The Kier molecular flexibility index (Phi) is 6.31. The van der Waals surface area contributed by atoms with Crippen molar-refractivity contribution in [2.75, 3.05) is 18.4 Å². The summed E-state index contributed by atoms with van der Waals surface area (Å²) in [5, 5.41) is 3.33. The van der Waals surface area contributed by atoms with Gasteiger partial charge in [-0.3, -0.25) is 4.79 Å². The molecule has 1 saturated heterocycles. The lowest BCUT2D eigenvalue weighted by Gasteiger charge is -2.37. The Hall–Kier alpha value is -3.14. The standard InChI is InChI=1S/C22H30N8O2/c1-6-17(22(31)29-10-13(3)32-14(4)11-29)27-19-18-21(26-12-25-19)30(7-2)20(28-18)16-8-23-15(5)24-9-16/h8-9,12-14,17H,6-7,10-11H2,1-5H3,(H,25,26,27)/t13-,14-,17?/m1/s1. The summed E-state index contributed by atoms with van der Waals surface area (Å²) < 4.78 is 7.78. The van der Waals surface area contributed by atoms with Crippen molar-refractivity contribution in [2.45, 2.75) is 65.8 Å². The van der Waals surface area contributed by atoms with Crippen LogP contribution in [-0.4, -0.2) is 71.6 Å². The molecule has 1 fully saturated rings. The molecule has 1 amide bonds. The molecular weight excluding hydrogens is 408 g/mol. The van der Waals surface area contributed by atoms with Crippen LogP contribution in [0.15, 0.2) is 18.7 Å². The number of imidazole rings is 1. The van der Waals surface area contributed by atoms with E-state index >= 15 is 0 Å². The van der Waals surface area contributed by atoms with Gasteiger partial charge in [0.25, 0.3) is 0 Å². The van der Waals surface area contributed by atoms with Gasteiger partial charge in [-0.15, -0.1) is 0 Å². The second-order valence-corrected chi connectivity index (χ2v) is 8.20. The number of nitrogens with zero attached hydrogens (tertiary/aromatic N) is 7. The van der Waals surface area contributed by atoms with Crippen molar-refractivity contribution in [3.63, 3.8) is 0 Å². The minimum atomic E-state index is -0.413. The minimum Gasteiger partial charge on any atom is -0.372 e. The smallest absolute Gasteiger partial charge is 0.245 e. The molecule has 10 heteroatoms. The number of amides is 1. The van der Waals surface area contributed by atoms with Crippen LogP contribution in [-0.2, 0) is 16.1 Å². The Labute approximate surface area is 187 Å². The maximum Gasteiger partial charge on any atom is 0.245 e. The van der Waals surface area contributed by atoms with Crippen LogP contribution in [0.3, 0.4) is 0 Å². The van der Waals surface area contributed by atoms with E-state index in [-0.39, 0.29) is 18.1 Å². The van der Waals surface area contributed by atoms with Crippen LogP contribution in [0.2, 0.25) is 0 Å². The molecule has 4 heterocycles. The van der Waals surface area contributed by atoms with E-state index in [9.17, 15) is 4.79 Å². The number of anilines is 1. The summed E-state index contributed by atoms with van der Waals surface area (Å²) in [6.07, 6.45) is 5.68. The average Bonchev–Trinajstić information content (AvgIpc) is 3.16. The number of hydrogen-bond donors (Lipinski definition) is 1. The fraction of sp³-hybridized carbons (Fsp3) is 0.545. The van der Waals surface area contributed by atoms with Crippen LogP contribution in [0.4, 0.5) is 5.82 Å². The summed E-state index contributed by atoms with van der Waals surface area (Å²) in [7, 11) is 0. The minimum absolute atomic E-state index is 0.0190. The Morgan fingerprint density at radius 3 is 2.47 bits per heavy atom. The highest BCUT2D eigenvalue weighted by Gasteiger charge is 2.30. The molecule has 3 aromatic rings. The SMILES string of the molecule is CCC(Nc1ncnc2c1nc(-c1cnc(C)nc1)n2CC)C(=O)N1C[C@@H](C)O[C@H](C)C1. The summed E-state index contributed by atoms with van der Waals surface area (Å²) >= 11 is 0. The van der Waals surface area contributed by atoms with Crippen LogP contribution in [0.1, 0.15) is 39.9 Å². The van der Waals surface area contributed by atoms with E-state index < -0.39 is 6.04 Å². The fourth-order valence-electron chi connectivity index (χ4n) is 4.15. The summed E-state index contributed by atoms with van der Waals surface area (Å²) in [6, 6.07) is -0.413. The van der Waals surface area contributed by atoms with E-state index in [2.05, 4.69) is 25.3 Å². The largest absolute Gasteiger partial charge is 0.372 e. The highest BCUT2D eigenvalue weighted by molar-refractivity contribution is 5.90. The number of nitrogens with one attached hydrogen (secondary N) is 1. The van der Waals surface area contributed by atoms with Crippen molar-refractivity contribution < 1.29 is 9.53 Å². The number of carbonyl (C=O) groups excluding carboxylic acids is 1. The lowest BCUT2D eigenvalue weighted by atomic mass is 10.1. The Morgan fingerprint density at radius 1 is 1.16 bits per heavy atom. The van der Waals surface area contributed by atoms with Gasteiger partial charge < -0.3 is 19.5 Å². The number of hydrogen-bond acceptors (Lipinski definition) is 8. The van der Waals surface area contributed by atoms with E-state index in [1.165, 1.54) is 6.33 Å². The fourth-order valence-corrected chi connectivity index (χ4v) is 4.15. The first-order valence-corrected chi connectivity index (χ1v) is 11.1. The van der Waals surface area contributed by atoms with Gasteiger partial charge in [0.05, 0.1) is 17.8 Å². The van der Waals surface area contributed by atoms with Crippen molar-refractivity contribution >= 4 is 22.9 Å². The van der Waals surface area contributed by atoms with Crippen LogP contribution in [0.25, 0.3) is 22.6 Å². The summed E-state index contributed by atoms with van der Waals surface area (Å²) in [4.78, 5) is 37.4. The van der Waals surface area contributed by atoms with E-state index in [0.717, 1.165) is 11.4 Å². The zero-order valence-corrected chi connectivity index (χ0v) is 19.2. The molecule has 0 saturated carbocycles. The van der Waals surface area contributed by atoms with Crippen molar-refractivity contribution in [3.8, 4) is 11.4 Å². The molecule has 0 aliphatic carbocycles. The van der Waals surface area contributed by atoms with Gasteiger partial charge in [-0.05, 0) is 34.1 Å². The van der Waals surface area contributed by atoms with Crippen molar-refractivity contribution in [1.82, 2.24) is 34.4 Å². The average molecular weight is 439 g/mol. The number of fused-ring (bicyclic) bond motifs is 1. The first kappa shape index (κ1) is 22.1. The van der Waals surface area contributed by atoms with Gasteiger partial charge in [0.2, 0.25) is 5.91 Å². The molecule has 10 nitrogen and oxygen atoms in total. The predicted octanol–water partition coefficient (Wildman–Crippen LogP) is 2.44. The van der Waals surface area contributed by atoms with Gasteiger partial charge in [-0.25, -0.2) is 24.9 Å². The summed E-state index contributed by atoms with van der Waals surface area (Å²) in [5.41, 5.74) is 2.14. The number of aryl methyl sites for hydroxylation is 2. The van der Waals surface area contributed by atoms with Crippen LogP contribution in [0.5, 0.6) is 0 Å². The summed E-state index contributed by atoms with van der Waals surface area (Å²) in [5.74, 6) is 2.02. The molecule has 3 aromatic heterocycles. The van der Waals surface area contributed by atoms with Gasteiger partial charge in [-0.1, -0.05) is 6.92 Å². The van der Waals surface area contributed by atoms with E-state index in [1.807, 2.05) is 44.1 Å². The zero-order valence-electron chi connectivity index (χ0n) is 19.2. The van der Waals surface area contributed by atoms with Gasteiger partial charge in [0.1, 0.15) is 24.0 Å². The second-order valence-electron chi connectivity index (χ2n) is 8.20. The molecule has 4 rings (SSSR count). The molecule has 0 radical (unpaired) electrons. The highest BCUT2D eigenvalue weighted by Crippen LogP contribution is 2.27. The van der Waals surface area contributed by atoms with Gasteiger partial charge in [0, 0.05) is 32.0 Å². The number of aromatic nitrogens is 6. The van der Waals surface area contributed by atoms with Crippen molar-refractivity contribution in [2.24, 2.45) is 0 Å². The number of carbonyl (C=O) groups is 1. The normalized spacial score (nSPS) is 19.8. The maximum atomic E-state index is 13.3. The zero-order chi connectivity index (χ0) is 22.8. The molecule has 1 aliphatic heterocycles. The van der Waals surface area contributed by atoms with E-state index in [4.69, 9.17) is 9.72 Å². The molecule has 1 N–H and O–H groups in total. The highest BCUT2D eigenvalue weighted by atomic mass is 16.5. The molecule has 0 bridgehead atoms. The van der Waals surface area contributed by atoms with Gasteiger partial charge in [-0.2, -0.15) is 0 Å². The third-order valence-corrected chi connectivity index (χ3v) is 5.64. The van der Waals surface area contributed by atoms with Crippen LogP contribution in [0, 0.1) is 6.92 Å². The topological polar surface area (TPSA) is 111 Å². The second kappa shape index (κ2) is 9.15. The molecule has 0 aromatic carbocycles. The molecule has 170 valence electrons. The third kappa shape index (κ3) is 4.27. The molecular formula is C22H30N8O2. The quantitative estimate of drug-likeness (QED) is 0.625. The van der Waals surface area contributed by atoms with E-state index in [0.29, 0.717) is 48.9 Å². The summed E-state index contributed by atoms with van der Waals surface area (Å²) in [6.45, 7) is 11.7. The monoisotopic (exact) mass is 438 g/mol. The molecule has 0 spiro atoms. The maximum absolute atomic E-state index is 13.3. The first-order chi connectivity index (χ1) is 15.4. The van der Waals surface area contributed by atoms with E-state index in [1.54, 1.807) is 12.4 Å². The predicted molar refractivity (Wildman–Crippen MR) is 121 cm³/mol. The lowest BCUT2D eigenvalue weighted by Crippen LogP contribution is -2.52. The van der Waals surface area contributed by atoms with Gasteiger partial charge >= 0.3 is 0 Å². The van der Waals surface area contributed by atoms with Crippen molar-refractivity contribution in [1.29, 1.82) is 0 Å². The molecule has 1 unspecified atom stereocenters. The lowest BCUT2D eigenvalue weighted by molar-refractivity contribution is -0.144.